The maximum absolute atomic E-state index is 12.9. The number of piperidine rings is 1. The lowest BCUT2D eigenvalue weighted by atomic mass is 10.1. The van der Waals surface area contributed by atoms with Crippen LogP contribution in [0.3, 0.4) is 0 Å². The van der Waals surface area contributed by atoms with Crippen molar-refractivity contribution in [1.29, 1.82) is 0 Å². The van der Waals surface area contributed by atoms with Crippen LogP contribution in [0.4, 0.5) is 5.69 Å². The van der Waals surface area contributed by atoms with Gasteiger partial charge in [-0.3, -0.25) is 0 Å². The van der Waals surface area contributed by atoms with Gasteiger partial charge in [-0.05, 0) is 70.1 Å². The fourth-order valence-electron chi connectivity index (χ4n) is 3.09. The van der Waals surface area contributed by atoms with Gasteiger partial charge in [-0.25, -0.2) is 8.42 Å². The van der Waals surface area contributed by atoms with Crippen molar-refractivity contribution in [1.82, 2.24) is 9.21 Å². The molecule has 118 valence electrons. The minimum atomic E-state index is -3.47. The maximum Gasteiger partial charge on any atom is 0.243 e. The predicted molar refractivity (Wildman–Crippen MR) is 85.8 cm³/mol. The first kappa shape index (κ1) is 16.3. The van der Waals surface area contributed by atoms with Crippen LogP contribution in [0.1, 0.15) is 24.0 Å². The molecule has 1 aliphatic heterocycles. The Morgan fingerprint density at radius 1 is 1.19 bits per heavy atom. The van der Waals surface area contributed by atoms with E-state index in [-0.39, 0.29) is 6.04 Å². The molecule has 1 aliphatic rings. The topological polar surface area (TPSA) is 66.6 Å². The molecule has 0 aliphatic carbocycles. The number of aryl methyl sites for hydroxylation is 2. The van der Waals surface area contributed by atoms with Crippen LogP contribution in [0.2, 0.25) is 0 Å². The lowest BCUT2D eigenvalue weighted by molar-refractivity contribution is 0.197. The van der Waals surface area contributed by atoms with Gasteiger partial charge in [-0.1, -0.05) is 0 Å². The first-order valence-corrected chi connectivity index (χ1v) is 8.71. The molecular weight excluding hydrogens is 286 g/mol. The van der Waals surface area contributed by atoms with Crippen molar-refractivity contribution in [3.8, 4) is 0 Å². The molecule has 2 N–H and O–H groups in total. The fourth-order valence-corrected chi connectivity index (χ4v) is 4.91. The highest BCUT2D eigenvalue weighted by Crippen LogP contribution is 2.28. The number of nitrogens with zero attached hydrogens (tertiary/aromatic N) is 2. The number of hydrogen-bond acceptors (Lipinski definition) is 4. The molecule has 0 radical (unpaired) electrons. The summed E-state index contributed by atoms with van der Waals surface area (Å²) in [6, 6.07) is 3.52. The van der Waals surface area contributed by atoms with Gasteiger partial charge < -0.3 is 10.6 Å². The third-order valence-electron chi connectivity index (χ3n) is 4.32. The van der Waals surface area contributed by atoms with Gasteiger partial charge in [0.05, 0.1) is 4.90 Å². The summed E-state index contributed by atoms with van der Waals surface area (Å²) in [6.07, 6.45) is 1.75. The van der Waals surface area contributed by atoms with Crippen molar-refractivity contribution < 1.29 is 8.42 Å². The highest BCUT2D eigenvalue weighted by Gasteiger charge is 2.32. The van der Waals surface area contributed by atoms with Crippen LogP contribution in [-0.2, 0) is 10.0 Å². The van der Waals surface area contributed by atoms with E-state index in [4.69, 9.17) is 5.73 Å². The third kappa shape index (κ3) is 3.22. The normalized spacial score (nSPS) is 18.3. The van der Waals surface area contributed by atoms with E-state index >= 15 is 0 Å². The van der Waals surface area contributed by atoms with Crippen LogP contribution in [0, 0.1) is 13.8 Å². The molecule has 0 aromatic heterocycles. The highest BCUT2D eigenvalue weighted by molar-refractivity contribution is 7.89. The molecule has 0 spiro atoms. The van der Waals surface area contributed by atoms with Crippen molar-refractivity contribution >= 4 is 15.7 Å². The molecule has 0 atom stereocenters. The second-order valence-electron chi connectivity index (χ2n) is 6.04. The average Bonchev–Trinajstić information content (AvgIpc) is 2.37. The van der Waals surface area contributed by atoms with Crippen molar-refractivity contribution in [2.24, 2.45) is 0 Å². The SMILES string of the molecule is Cc1cc(N)cc(C)c1S(=O)(=O)N(C)C1CCN(C)CC1. The van der Waals surface area contributed by atoms with Crippen molar-refractivity contribution in [2.45, 2.75) is 37.6 Å². The summed E-state index contributed by atoms with van der Waals surface area (Å²) in [4.78, 5) is 2.63. The van der Waals surface area contributed by atoms with Crippen LogP contribution >= 0.6 is 0 Å². The number of sulfonamides is 1. The zero-order valence-corrected chi connectivity index (χ0v) is 14.1. The Labute approximate surface area is 127 Å². The largest absolute Gasteiger partial charge is 0.399 e. The lowest BCUT2D eigenvalue weighted by Gasteiger charge is -2.34. The van der Waals surface area contributed by atoms with E-state index in [1.54, 1.807) is 37.3 Å². The van der Waals surface area contributed by atoms with Crippen LogP contribution in [0.5, 0.6) is 0 Å². The molecule has 0 amide bonds. The van der Waals surface area contributed by atoms with E-state index in [1.807, 2.05) is 0 Å². The Balaban J connectivity index is 2.34. The summed E-state index contributed by atoms with van der Waals surface area (Å²) >= 11 is 0. The summed E-state index contributed by atoms with van der Waals surface area (Å²) in [6.45, 7) is 5.48. The fraction of sp³-hybridized carbons (Fsp3) is 0.600. The minimum Gasteiger partial charge on any atom is -0.399 e. The molecule has 5 nitrogen and oxygen atoms in total. The Morgan fingerprint density at radius 3 is 2.14 bits per heavy atom. The Hall–Kier alpha value is -1.11. The number of nitrogens with two attached hydrogens (primary N) is 1. The van der Waals surface area contributed by atoms with Gasteiger partial charge in [0.15, 0.2) is 0 Å². The van der Waals surface area contributed by atoms with Gasteiger partial charge in [0, 0.05) is 18.8 Å². The zero-order chi connectivity index (χ0) is 15.8. The lowest BCUT2D eigenvalue weighted by Crippen LogP contribution is -2.44. The average molecular weight is 311 g/mol. The van der Waals surface area contributed by atoms with Crippen LogP contribution in [-0.4, -0.2) is 50.8 Å². The summed E-state index contributed by atoms with van der Waals surface area (Å²) in [5, 5.41) is 0. The predicted octanol–water partition coefficient (Wildman–Crippen LogP) is 1.60. The molecule has 1 aromatic carbocycles. The van der Waals surface area contributed by atoms with E-state index in [0.29, 0.717) is 21.7 Å². The summed E-state index contributed by atoms with van der Waals surface area (Å²) < 4.78 is 27.4. The van der Waals surface area contributed by atoms with E-state index in [2.05, 4.69) is 11.9 Å². The van der Waals surface area contributed by atoms with Crippen LogP contribution in [0.25, 0.3) is 0 Å². The van der Waals surface area contributed by atoms with Gasteiger partial charge in [0.1, 0.15) is 0 Å². The van der Waals surface area contributed by atoms with Gasteiger partial charge in [0.25, 0.3) is 0 Å². The molecule has 0 bridgehead atoms. The minimum absolute atomic E-state index is 0.0718. The van der Waals surface area contributed by atoms with Crippen LogP contribution in [0.15, 0.2) is 17.0 Å². The molecule has 6 heteroatoms. The number of anilines is 1. The monoisotopic (exact) mass is 311 g/mol. The molecule has 1 heterocycles. The molecule has 0 saturated carbocycles. The quantitative estimate of drug-likeness (QED) is 0.861. The van der Waals surface area contributed by atoms with Crippen molar-refractivity contribution in [3.63, 3.8) is 0 Å². The van der Waals surface area contributed by atoms with Gasteiger partial charge in [-0.15, -0.1) is 0 Å². The molecule has 1 fully saturated rings. The molecule has 0 unspecified atom stereocenters. The summed E-state index contributed by atoms with van der Waals surface area (Å²) in [5.41, 5.74) is 7.82. The Bertz CT molecular complexity index is 597. The highest BCUT2D eigenvalue weighted by atomic mass is 32.2. The van der Waals surface area contributed by atoms with Gasteiger partial charge >= 0.3 is 0 Å². The standard InChI is InChI=1S/C15H25N3O2S/c1-11-9-13(16)10-12(2)15(11)21(19,20)18(4)14-5-7-17(3)8-6-14/h9-10,14H,5-8,16H2,1-4H3. The number of rotatable bonds is 3. The first-order valence-electron chi connectivity index (χ1n) is 7.26. The zero-order valence-electron chi connectivity index (χ0n) is 13.3. The third-order valence-corrected chi connectivity index (χ3v) is 6.54. The van der Waals surface area contributed by atoms with E-state index in [1.165, 1.54) is 0 Å². The summed E-state index contributed by atoms with van der Waals surface area (Å²) in [5.74, 6) is 0. The number of nitrogen functional groups attached to an aromatic ring is 1. The number of likely N-dealkylation sites (tertiary alicyclic amines) is 1. The van der Waals surface area contributed by atoms with Gasteiger partial charge in [-0.2, -0.15) is 4.31 Å². The van der Waals surface area contributed by atoms with E-state index in [9.17, 15) is 8.42 Å². The smallest absolute Gasteiger partial charge is 0.243 e. The van der Waals surface area contributed by atoms with E-state index in [0.717, 1.165) is 25.9 Å². The summed E-state index contributed by atoms with van der Waals surface area (Å²) in [7, 11) is 0.289. The molecule has 1 saturated heterocycles. The molecular formula is C15H25N3O2S. The molecule has 21 heavy (non-hydrogen) atoms. The second-order valence-corrected chi connectivity index (χ2v) is 7.97. The number of hydrogen-bond donors (Lipinski definition) is 1. The first-order chi connectivity index (χ1) is 9.73. The Kier molecular flexibility index (Phi) is 4.60. The van der Waals surface area contributed by atoms with E-state index < -0.39 is 10.0 Å². The molecule has 1 aromatic rings. The van der Waals surface area contributed by atoms with Crippen LogP contribution < -0.4 is 5.73 Å². The molecule has 2 rings (SSSR count). The number of benzene rings is 1. The second kappa shape index (κ2) is 5.94. The van der Waals surface area contributed by atoms with Crippen molar-refractivity contribution in [3.05, 3.63) is 23.3 Å². The Morgan fingerprint density at radius 2 is 1.67 bits per heavy atom. The maximum atomic E-state index is 12.9. The van der Waals surface area contributed by atoms with Gasteiger partial charge in [0.2, 0.25) is 10.0 Å². The van der Waals surface area contributed by atoms with Crippen molar-refractivity contribution in [2.75, 3.05) is 32.9 Å².